The molecular weight excluding hydrogens is 696 g/mol. The van der Waals surface area contributed by atoms with Crippen LogP contribution in [0.1, 0.15) is 52.2 Å². The fraction of sp³-hybridized carbons (Fsp3) is 0.360. The Bertz CT molecular complexity index is 1310. The maximum absolute atomic E-state index is 15.0. The normalized spacial score (nSPS) is 16.4. The van der Waals surface area contributed by atoms with Gasteiger partial charge in [0, 0.05) is 26.5 Å². The zero-order chi connectivity index (χ0) is 30.3. The Morgan fingerprint density at radius 2 is 1.50 bits per heavy atom. The molecule has 1 aliphatic rings. The molecule has 218 valence electrons. The van der Waals surface area contributed by atoms with Crippen molar-refractivity contribution >= 4 is 49.4 Å². The first-order valence-corrected chi connectivity index (χ1v) is 12.8. The third-order valence-corrected chi connectivity index (χ3v) is 7.01. The zero-order valence-corrected chi connectivity index (χ0v) is 23.0. The van der Waals surface area contributed by atoms with E-state index in [1.807, 2.05) is 0 Å². The molecule has 0 aromatic heterocycles. The number of ketones is 1. The van der Waals surface area contributed by atoms with Gasteiger partial charge in [0.05, 0.1) is 11.0 Å². The number of hydrogen-bond acceptors (Lipinski definition) is 2. The molecular formula is C25H17Br2F10NO2. The molecule has 3 rings (SSSR count). The Kier molecular flexibility index (Phi) is 9.19. The monoisotopic (exact) mass is 711 g/mol. The predicted molar refractivity (Wildman–Crippen MR) is 131 cm³/mol. The SMILES string of the molecule is O=C(CC1(C(=O)NCC(F)(F)F)CC1)c1ccc(/C(F)=C/C(c2cc(Br)cc(Br)c2)C(F)(F)F)cc1C(F)(F)F. The van der Waals surface area contributed by atoms with E-state index in [9.17, 15) is 49.1 Å². The number of carbonyl (C=O) groups excluding carboxylic acids is 2. The van der Waals surface area contributed by atoms with Gasteiger partial charge in [0.1, 0.15) is 18.3 Å². The van der Waals surface area contributed by atoms with Gasteiger partial charge in [-0.25, -0.2) is 4.39 Å². The first kappa shape index (κ1) is 32.1. The number of hydrogen-bond donors (Lipinski definition) is 1. The number of halogens is 12. The lowest BCUT2D eigenvalue weighted by atomic mass is 9.90. The van der Waals surface area contributed by atoms with E-state index in [-0.39, 0.29) is 33.9 Å². The minimum atomic E-state index is -5.25. The number of rotatable bonds is 8. The van der Waals surface area contributed by atoms with Crippen LogP contribution in [-0.4, -0.2) is 30.6 Å². The molecule has 1 aliphatic carbocycles. The minimum absolute atomic E-state index is 0.0379. The summed E-state index contributed by atoms with van der Waals surface area (Å²) in [6.45, 7) is -1.69. The Morgan fingerprint density at radius 1 is 0.925 bits per heavy atom. The molecule has 1 amide bonds. The van der Waals surface area contributed by atoms with Crippen molar-refractivity contribution in [3.8, 4) is 0 Å². The molecule has 1 N–H and O–H groups in total. The molecule has 1 unspecified atom stereocenters. The van der Waals surface area contributed by atoms with Crippen molar-refractivity contribution in [1.82, 2.24) is 5.32 Å². The first-order valence-electron chi connectivity index (χ1n) is 11.2. The van der Waals surface area contributed by atoms with Gasteiger partial charge in [0.2, 0.25) is 5.91 Å². The summed E-state index contributed by atoms with van der Waals surface area (Å²) in [7, 11) is 0. The zero-order valence-electron chi connectivity index (χ0n) is 19.8. The van der Waals surface area contributed by atoms with E-state index in [0.29, 0.717) is 12.1 Å². The number of allylic oxidation sites excluding steroid dienone is 1. The average Bonchev–Trinajstić information content (AvgIpc) is 3.58. The number of nitrogens with one attached hydrogen (secondary N) is 1. The van der Waals surface area contributed by atoms with Crippen LogP contribution in [0.25, 0.3) is 5.83 Å². The predicted octanol–water partition coefficient (Wildman–Crippen LogP) is 8.92. The lowest BCUT2D eigenvalue weighted by Gasteiger charge is -2.19. The van der Waals surface area contributed by atoms with Crippen molar-refractivity contribution in [2.45, 2.75) is 43.7 Å². The van der Waals surface area contributed by atoms with Crippen molar-refractivity contribution < 1.29 is 53.5 Å². The van der Waals surface area contributed by atoms with Gasteiger partial charge in [0.25, 0.3) is 0 Å². The maximum atomic E-state index is 15.0. The molecule has 2 aromatic rings. The molecule has 15 heteroatoms. The summed E-state index contributed by atoms with van der Waals surface area (Å²) in [5.74, 6) is -6.57. The van der Waals surface area contributed by atoms with Gasteiger partial charge in [-0.2, -0.15) is 39.5 Å². The lowest BCUT2D eigenvalue weighted by molar-refractivity contribution is -0.141. The quantitative estimate of drug-likeness (QED) is 0.220. The number of Topliss-reactive ketones (excluding diaryl/α,β-unsaturated/α-hetero) is 1. The smallest absolute Gasteiger partial charge is 0.346 e. The van der Waals surface area contributed by atoms with Crippen LogP contribution in [0.4, 0.5) is 43.9 Å². The molecule has 2 aromatic carbocycles. The highest BCUT2D eigenvalue weighted by Gasteiger charge is 2.52. The first-order chi connectivity index (χ1) is 18.2. The van der Waals surface area contributed by atoms with Crippen LogP contribution >= 0.6 is 31.9 Å². The minimum Gasteiger partial charge on any atom is -0.346 e. The summed E-state index contributed by atoms with van der Waals surface area (Å²) in [5, 5.41) is 1.61. The highest BCUT2D eigenvalue weighted by molar-refractivity contribution is 9.11. The van der Waals surface area contributed by atoms with Crippen molar-refractivity contribution in [2.75, 3.05) is 6.54 Å². The second kappa shape index (κ2) is 11.5. The highest BCUT2D eigenvalue weighted by atomic mass is 79.9. The van der Waals surface area contributed by atoms with Crippen molar-refractivity contribution in [3.05, 3.63) is 73.7 Å². The van der Waals surface area contributed by atoms with Gasteiger partial charge in [-0.15, -0.1) is 0 Å². The average molecular weight is 713 g/mol. The molecule has 0 heterocycles. The summed E-state index contributed by atoms with van der Waals surface area (Å²) < 4.78 is 135. The standard InChI is InChI=1S/C25H17Br2F10NO2/c26-14-5-13(6-15(27)8-14)17(24(32,33)34)9-19(28)12-1-2-16(18(7-12)25(35,36)37)20(39)10-22(3-4-22)21(40)38-11-23(29,30)31/h1-2,5-9,17H,3-4,10-11H2,(H,38,40)/b19-9-. The van der Waals surface area contributed by atoms with Crippen LogP contribution in [0.15, 0.2) is 51.4 Å². The summed E-state index contributed by atoms with van der Waals surface area (Å²) in [5.41, 5.74) is -5.59. The maximum Gasteiger partial charge on any atom is 0.417 e. The van der Waals surface area contributed by atoms with Gasteiger partial charge >= 0.3 is 18.5 Å². The number of alkyl halides is 9. The molecule has 1 fully saturated rings. The highest BCUT2D eigenvalue weighted by Crippen LogP contribution is 2.50. The van der Waals surface area contributed by atoms with Crippen LogP contribution in [0.3, 0.4) is 0 Å². The van der Waals surface area contributed by atoms with Crippen LogP contribution < -0.4 is 5.32 Å². The Labute approximate surface area is 237 Å². The summed E-state index contributed by atoms with van der Waals surface area (Å²) in [4.78, 5) is 24.9. The number of carbonyl (C=O) groups is 2. The van der Waals surface area contributed by atoms with E-state index in [0.717, 1.165) is 12.1 Å². The van der Waals surface area contributed by atoms with Gasteiger partial charge in [0.15, 0.2) is 5.78 Å². The van der Waals surface area contributed by atoms with Crippen LogP contribution in [0.5, 0.6) is 0 Å². The molecule has 3 nitrogen and oxygen atoms in total. The van der Waals surface area contributed by atoms with Gasteiger partial charge in [-0.1, -0.05) is 44.0 Å². The number of amides is 1. The molecule has 0 spiro atoms. The Balaban J connectivity index is 1.94. The molecule has 0 bridgehead atoms. The Hall–Kier alpha value is -2.42. The van der Waals surface area contributed by atoms with Crippen molar-refractivity contribution in [1.29, 1.82) is 0 Å². The summed E-state index contributed by atoms with van der Waals surface area (Å²) >= 11 is 6.04. The molecule has 1 saturated carbocycles. The second-order valence-corrected chi connectivity index (χ2v) is 11.0. The fourth-order valence-electron chi connectivity index (χ4n) is 3.95. The number of benzene rings is 2. The largest absolute Gasteiger partial charge is 0.417 e. The molecule has 0 radical (unpaired) electrons. The fourth-order valence-corrected chi connectivity index (χ4v) is 5.28. The van der Waals surface area contributed by atoms with Gasteiger partial charge in [-0.3, -0.25) is 9.59 Å². The van der Waals surface area contributed by atoms with E-state index >= 15 is 4.39 Å². The van der Waals surface area contributed by atoms with E-state index in [1.165, 1.54) is 6.07 Å². The van der Waals surface area contributed by atoms with Crippen LogP contribution in [0, 0.1) is 5.41 Å². The summed E-state index contributed by atoms with van der Waals surface area (Å²) in [6, 6.07) is 4.97. The van der Waals surface area contributed by atoms with Crippen molar-refractivity contribution in [2.24, 2.45) is 5.41 Å². The van der Waals surface area contributed by atoms with Crippen LogP contribution in [-0.2, 0) is 11.0 Å². The summed E-state index contributed by atoms with van der Waals surface area (Å²) in [6.07, 6.45) is -15.8. The van der Waals surface area contributed by atoms with E-state index < -0.39 is 82.6 Å². The molecule has 1 atom stereocenters. The van der Waals surface area contributed by atoms with E-state index in [1.54, 1.807) is 5.32 Å². The third-order valence-electron chi connectivity index (χ3n) is 6.09. The molecule has 0 saturated heterocycles. The molecule has 40 heavy (non-hydrogen) atoms. The third kappa shape index (κ3) is 8.08. The van der Waals surface area contributed by atoms with E-state index in [2.05, 4.69) is 31.9 Å². The second-order valence-electron chi connectivity index (χ2n) is 9.17. The molecule has 0 aliphatic heterocycles. The van der Waals surface area contributed by atoms with Crippen LogP contribution in [0.2, 0.25) is 0 Å². The topological polar surface area (TPSA) is 46.2 Å². The van der Waals surface area contributed by atoms with Crippen molar-refractivity contribution in [3.63, 3.8) is 0 Å². The lowest BCUT2D eigenvalue weighted by Crippen LogP contribution is -2.39. The Morgan fingerprint density at radius 3 is 1.98 bits per heavy atom. The van der Waals surface area contributed by atoms with E-state index in [4.69, 9.17) is 0 Å². The van der Waals surface area contributed by atoms with Gasteiger partial charge < -0.3 is 5.32 Å². The van der Waals surface area contributed by atoms with Gasteiger partial charge in [-0.05, 0) is 48.7 Å².